The van der Waals surface area contributed by atoms with E-state index >= 15 is 0 Å². The Hall–Kier alpha value is -0.422. The van der Waals surface area contributed by atoms with Crippen LogP contribution in [0.15, 0.2) is 24.3 Å². The molecule has 0 saturated heterocycles. The van der Waals surface area contributed by atoms with Gasteiger partial charge in [-0.05, 0) is 0 Å². The van der Waals surface area contributed by atoms with E-state index in [4.69, 9.17) is 5.11 Å². The molecule has 0 aliphatic rings. The summed E-state index contributed by atoms with van der Waals surface area (Å²) >= 11 is -0.721. The molecular formula is C8H11AsO. The van der Waals surface area contributed by atoms with Crippen molar-refractivity contribution in [3.05, 3.63) is 24.3 Å². The Bertz CT molecular complexity index is 203. The van der Waals surface area contributed by atoms with E-state index in [0.29, 0.717) is 5.75 Å². The summed E-state index contributed by atoms with van der Waals surface area (Å²) in [6.07, 6.45) is 0. The number of benzene rings is 1. The minimum atomic E-state index is -0.721. The van der Waals surface area contributed by atoms with Crippen LogP contribution in [0.4, 0.5) is 0 Å². The van der Waals surface area contributed by atoms with E-state index in [1.54, 1.807) is 12.1 Å². The van der Waals surface area contributed by atoms with Crippen molar-refractivity contribution < 1.29 is 5.11 Å². The second kappa shape index (κ2) is 3.11. The predicted molar refractivity (Wildman–Crippen MR) is 45.2 cm³/mol. The van der Waals surface area contributed by atoms with Gasteiger partial charge in [0.2, 0.25) is 0 Å². The Morgan fingerprint density at radius 1 is 1.10 bits per heavy atom. The van der Waals surface area contributed by atoms with Crippen molar-refractivity contribution in [3.63, 3.8) is 0 Å². The predicted octanol–water partition coefficient (Wildman–Crippen LogP) is 1.35. The van der Waals surface area contributed by atoms with Crippen LogP contribution in [0, 0.1) is 0 Å². The minimum absolute atomic E-state index is 0.361. The van der Waals surface area contributed by atoms with Gasteiger partial charge in [0.15, 0.2) is 0 Å². The van der Waals surface area contributed by atoms with Gasteiger partial charge in [-0.1, -0.05) is 0 Å². The van der Waals surface area contributed by atoms with Crippen molar-refractivity contribution in [2.75, 3.05) is 0 Å². The molecule has 10 heavy (non-hydrogen) atoms. The number of rotatable bonds is 1. The molecule has 0 aliphatic carbocycles. The van der Waals surface area contributed by atoms with Crippen LogP contribution in [0.25, 0.3) is 0 Å². The zero-order chi connectivity index (χ0) is 7.56. The Kier molecular flexibility index (Phi) is 2.39. The molecule has 54 valence electrons. The average Bonchev–Trinajstić information content (AvgIpc) is 1.88. The number of phenolic OH excluding ortho intramolecular Hbond substituents is 1. The first-order chi connectivity index (χ1) is 4.70. The van der Waals surface area contributed by atoms with E-state index in [2.05, 4.69) is 11.4 Å². The molecule has 0 bridgehead atoms. The van der Waals surface area contributed by atoms with E-state index in [1.165, 1.54) is 4.35 Å². The summed E-state index contributed by atoms with van der Waals surface area (Å²) in [6, 6.07) is 7.53. The summed E-state index contributed by atoms with van der Waals surface area (Å²) in [7, 11) is 0. The Morgan fingerprint density at radius 2 is 1.60 bits per heavy atom. The van der Waals surface area contributed by atoms with Crippen LogP contribution < -0.4 is 4.35 Å². The quantitative estimate of drug-likeness (QED) is 0.675. The topological polar surface area (TPSA) is 20.2 Å². The molecule has 1 rings (SSSR count). The fraction of sp³-hybridized carbons (Fsp3) is 0.250. The van der Waals surface area contributed by atoms with E-state index in [9.17, 15) is 0 Å². The van der Waals surface area contributed by atoms with Crippen LogP contribution in [-0.2, 0) is 0 Å². The zero-order valence-corrected chi connectivity index (χ0v) is 8.08. The molecule has 0 fully saturated rings. The molecule has 0 heterocycles. The maximum absolute atomic E-state index is 8.95. The first-order valence-corrected chi connectivity index (χ1v) is 7.85. The zero-order valence-electron chi connectivity index (χ0n) is 6.20. The number of phenols is 1. The van der Waals surface area contributed by atoms with Crippen molar-refractivity contribution in [2.24, 2.45) is 0 Å². The van der Waals surface area contributed by atoms with Gasteiger partial charge < -0.3 is 0 Å². The van der Waals surface area contributed by atoms with Crippen LogP contribution in [0.5, 0.6) is 5.75 Å². The third kappa shape index (κ3) is 1.78. The van der Waals surface area contributed by atoms with Crippen molar-refractivity contribution in [1.29, 1.82) is 0 Å². The number of aromatic hydroxyl groups is 1. The summed E-state index contributed by atoms with van der Waals surface area (Å²) in [5.41, 5.74) is 4.55. The summed E-state index contributed by atoms with van der Waals surface area (Å²) in [5.74, 6) is 0.361. The van der Waals surface area contributed by atoms with Crippen LogP contribution in [0.2, 0.25) is 11.4 Å². The van der Waals surface area contributed by atoms with Gasteiger partial charge in [-0.15, -0.1) is 0 Å². The monoisotopic (exact) mass is 198 g/mol. The second-order valence-corrected chi connectivity index (χ2v) is 7.25. The van der Waals surface area contributed by atoms with Crippen molar-refractivity contribution >= 4 is 19.0 Å². The third-order valence-corrected chi connectivity index (χ3v) is 4.16. The van der Waals surface area contributed by atoms with Gasteiger partial charge in [-0.25, -0.2) is 0 Å². The summed E-state index contributed by atoms with van der Waals surface area (Å²) in [5, 5.41) is 8.95. The fourth-order valence-corrected chi connectivity index (χ4v) is 2.31. The van der Waals surface area contributed by atoms with E-state index in [-0.39, 0.29) is 0 Å². The van der Waals surface area contributed by atoms with Gasteiger partial charge in [-0.2, -0.15) is 0 Å². The number of hydrogen-bond acceptors (Lipinski definition) is 1. The first kappa shape index (κ1) is 7.68. The molecule has 0 amide bonds. The summed E-state index contributed by atoms with van der Waals surface area (Å²) in [6.45, 7) is 0. The van der Waals surface area contributed by atoms with Gasteiger partial charge in [0.1, 0.15) is 0 Å². The average molecular weight is 198 g/mol. The standard InChI is InChI=1S/C8H11AsO/c1-9(2)7-3-5-8(10)6-4-7/h3-6,10H,1-2H3. The van der Waals surface area contributed by atoms with Crippen LogP contribution in [0.1, 0.15) is 0 Å². The molecule has 1 N–H and O–H groups in total. The molecule has 0 unspecified atom stereocenters. The fourth-order valence-electron chi connectivity index (χ4n) is 0.751. The van der Waals surface area contributed by atoms with E-state index in [0.717, 1.165) is 0 Å². The van der Waals surface area contributed by atoms with Crippen LogP contribution in [0.3, 0.4) is 0 Å². The molecule has 0 radical (unpaired) electrons. The molecule has 0 atom stereocenters. The normalized spacial score (nSPS) is 10.3. The van der Waals surface area contributed by atoms with Gasteiger partial charge in [0, 0.05) is 0 Å². The second-order valence-electron chi connectivity index (χ2n) is 2.41. The molecule has 0 saturated carbocycles. The van der Waals surface area contributed by atoms with Gasteiger partial charge in [0.05, 0.1) is 0 Å². The summed E-state index contributed by atoms with van der Waals surface area (Å²) < 4.78 is 1.41. The van der Waals surface area contributed by atoms with Crippen molar-refractivity contribution in [1.82, 2.24) is 0 Å². The first-order valence-electron chi connectivity index (χ1n) is 3.16. The molecule has 1 aromatic carbocycles. The summed E-state index contributed by atoms with van der Waals surface area (Å²) in [4.78, 5) is 0. The SMILES string of the molecule is C[As](C)c1ccc(O)cc1. The number of hydrogen-bond donors (Lipinski definition) is 1. The molecule has 2 heteroatoms. The molecule has 0 aliphatic heterocycles. The maximum atomic E-state index is 8.95. The molecule has 1 nitrogen and oxygen atoms in total. The third-order valence-electron chi connectivity index (χ3n) is 1.37. The Labute approximate surface area is 66.0 Å². The Balaban J connectivity index is 2.89. The molecule has 0 aromatic heterocycles. The molecular weight excluding hydrogens is 187 g/mol. The molecule has 1 aromatic rings. The van der Waals surface area contributed by atoms with Gasteiger partial charge in [-0.3, -0.25) is 0 Å². The van der Waals surface area contributed by atoms with Crippen molar-refractivity contribution in [3.8, 4) is 5.75 Å². The van der Waals surface area contributed by atoms with Crippen LogP contribution in [-0.4, -0.2) is 19.8 Å². The van der Waals surface area contributed by atoms with Crippen molar-refractivity contribution in [2.45, 2.75) is 11.4 Å². The molecule has 0 spiro atoms. The van der Waals surface area contributed by atoms with Crippen LogP contribution >= 0.6 is 0 Å². The Morgan fingerprint density at radius 3 is 2.00 bits per heavy atom. The van der Waals surface area contributed by atoms with Gasteiger partial charge in [0.25, 0.3) is 0 Å². The van der Waals surface area contributed by atoms with E-state index in [1.807, 2.05) is 12.1 Å². The van der Waals surface area contributed by atoms with Gasteiger partial charge >= 0.3 is 65.5 Å². The van der Waals surface area contributed by atoms with E-state index < -0.39 is 14.7 Å².